The summed E-state index contributed by atoms with van der Waals surface area (Å²) >= 11 is 0. The van der Waals surface area contributed by atoms with Gasteiger partial charge in [0.2, 0.25) is 6.71 Å². The van der Waals surface area contributed by atoms with Crippen LogP contribution in [0.4, 0.5) is 0 Å². The highest BCUT2D eigenvalue weighted by atomic mass is 16.3. The Hall–Kier alpha value is -4.44. The van der Waals surface area contributed by atoms with Crippen molar-refractivity contribution in [1.29, 1.82) is 0 Å². The first kappa shape index (κ1) is 25.8. The van der Waals surface area contributed by atoms with E-state index in [1.165, 1.54) is 61.9 Å². The molecule has 198 valence electrons. The summed E-state index contributed by atoms with van der Waals surface area (Å²) in [6, 6.07) is 29.0. The van der Waals surface area contributed by atoms with E-state index in [0.29, 0.717) is 0 Å². The number of aromatic hydroxyl groups is 2. The Balaban J connectivity index is 1.86. The first-order chi connectivity index (χ1) is 19.2. The zero-order valence-electron chi connectivity index (χ0n) is 24.0. The third-order valence-electron chi connectivity index (χ3n) is 8.35. The zero-order valence-corrected chi connectivity index (χ0v) is 24.0. The Bertz CT molecular complexity index is 1770. The van der Waals surface area contributed by atoms with Gasteiger partial charge >= 0.3 is 0 Å². The number of nitrogens with zero attached hydrogens (tertiary/aromatic N) is 1. The van der Waals surface area contributed by atoms with Crippen LogP contribution in [-0.2, 0) is 0 Å². The second kappa shape index (κ2) is 9.64. The minimum atomic E-state index is -0.0168. The van der Waals surface area contributed by atoms with E-state index in [1.807, 2.05) is 12.1 Å². The Morgan fingerprint density at radius 3 is 1.20 bits per heavy atom. The van der Waals surface area contributed by atoms with E-state index >= 15 is 0 Å². The van der Waals surface area contributed by atoms with Crippen molar-refractivity contribution >= 4 is 44.6 Å². The van der Waals surface area contributed by atoms with Crippen molar-refractivity contribution in [1.82, 2.24) is 4.57 Å². The smallest absolute Gasteiger partial charge is 0.244 e. The van der Waals surface area contributed by atoms with E-state index in [2.05, 4.69) is 102 Å². The van der Waals surface area contributed by atoms with Gasteiger partial charge < -0.3 is 10.2 Å². The molecule has 0 aliphatic rings. The highest BCUT2D eigenvalue weighted by Crippen LogP contribution is 2.37. The quantitative estimate of drug-likeness (QED) is 0.203. The molecule has 1 heterocycles. The molecule has 1 aromatic heterocycles. The van der Waals surface area contributed by atoms with Crippen LogP contribution in [0.3, 0.4) is 0 Å². The van der Waals surface area contributed by atoms with Crippen LogP contribution >= 0.6 is 0 Å². The second-order valence-electron chi connectivity index (χ2n) is 11.3. The molecule has 0 bridgehead atoms. The topological polar surface area (TPSA) is 45.4 Å². The van der Waals surface area contributed by atoms with Crippen molar-refractivity contribution in [3.63, 3.8) is 0 Å². The molecule has 6 aromatic rings. The van der Waals surface area contributed by atoms with E-state index < -0.39 is 0 Å². The summed E-state index contributed by atoms with van der Waals surface area (Å²) in [6.45, 7) is 13.2. The molecular formula is C36H34BNO2. The van der Waals surface area contributed by atoms with Crippen molar-refractivity contribution < 1.29 is 10.2 Å². The van der Waals surface area contributed by atoms with Gasteiger partial charge in [0, 0.05) is 22.9 Å². The molecule has 0 atom stereocenters. The molecule has 3 nitrogen and oxygen atoms in total. The fourth-order valence-corrected chi connectivity index (χ4v) is 7.06. The lowest BCUT2D eigenvalue weighted by molar-refractivity contribution is 0.403. The number of hydrogen-bond donors (Lipinski definition) is 2. The molecule has 4 heteroatoms. The molecule has 0 saturated heterocycles. The van der Waals surface area contributed by atoms with Crippen LogP contribution in [-0.4, -0.2) is 21.5 Å². The van der Waals surface area contributed by atoms with Gasteiger partial charge in [-0.3, -0.25) is 4.57 Å². The third kappa shape index (κ3) is 3.98. The Labute approximate surface area is 236 Å². The lowest BCUT2D eigenvalue weighted by atomic mass is 9.33. The van der Waals surface area contributed by atoms with Gasteiger partial charge in [0.25, 0.3) is 0 Å². The summed E-state index contributed by atoms with van der Waals surface area (Å²) in [5, 5.41) is 25.8. The molecular weight excluding hydrogens is 489 g/mol. The van der Waals surface area contributed by atoms with Gasteiger partial charge in [0.1, 0.15) is 0 Å². The summed E-state index contributed by atoms with van der Waals surface area (Å²) < 4.78 is 1.55. The Morgan fingerprint density at radius 2 is 0.825 bits per heavy atom. The van der Waals surface area contributed by atoms with Crippen LogP contribution < -0.4 is 16.4 Å². The summed E-state index contributed by atoms with van der Waals surface area (Å²) in [6.07, 6.45) is 0. The van der Waals surface area contributed by atoms with Crippen LogP contribution in [0.5, 0.6) is 11.8 Å². The molecule has 0 spiro atoms. The highest BCUT2D eigenvalue weighted by molar-refractivity contribution is 6.99. The minimum Gasteiger partial charge on any atom is -0.494 e. The first-order valence-corrected chi connectivity index (χ1v) is 13.9. The van der Waals surface area contributed by atoms with E-state index in [1.54, 1.807) is 4.57 Å². The normalized spacial score (nSPS) is 11.4. The van der Waals surface area contributed by atoms with E-state index in [9.17, 15) is 10.2 Å². The molecule has 40 heavy (non-hydrogen) atoms. The SMILES string of the molecule is Cc1cc(C)c(B(c2c(C)cc(C)cc2C)c2c3ccccc3c(-n3c(O)ccc3O)c3ccccc23)c(C)c1. The van der Waals surface area contributed by atoms with Crippen molar-refractivity contribution in [2.75, 3.05) is 0 Å². The second-order valence-corrected chi connectivity index (χ2v) is 11.3. The Kier molecular flexibility index (Phi) is 6.22. The van der Waals surface area contributed by atoms with Gasteiger partial charge in [0.15, 0.2) is 11.8 Å². The van der Waals surface area contributed by atoms with Crippen molar-refractivity contribution in [2.45, 2.75) is 41.5 Å². The average molecular weight is 523 g/mol. The molecule has 6 rings (SSSR count). The lowest BCUT2D eigenvalue weighted by Gasteiger charge is -2.28. The van der Waals surface area contributed by atoms with Gasteiger partial charge in [-0.1, -0.05) is 123 Å². The number of fused-ring (bicyclic) bond motifs is 2. The number of benzene rings is 5. The first-order valence-electron chi connectivity index (χ1n) is 13.9. The lowest BCUT2D eigenvalue weighted by Crippen LogP contribution is -2.56. The highest BCUT2D eigenvalue weighted by Gasteiger charge is 2.32. The Morgan fingerprint density at radius 1 is 0.475 bits per heavy atom. The van der Waals surface area contributed by atoms with Gasteiger partial charge in [-0.15, -0.1) is 0 Å². The molecule has 0 saturated carbocycles. The predicted octanol–water partition coefficient (Wildman–Crippen LogP) is 6.56. The molecule has 0 amide bonds. The largest absolute Gasteiger partial charge is 0.494 e. The van der Waals surface area contributed by atoms with Crippen molar-refractivity contribution in [3.8, 4) is 17.4 Å². The number of aromatic nitrogens is 1. The maximum Gasteiger partial charge on any atom is 0.244 e. The van der Waals surface area contributed by atoms with Crippen molar-refractivity contribution in [3.05, 3.63) is 118 Å². The summed E-state index contributed by atoms with van der Waals surface area (Å²) in [4.78, 5) is 0. The third-order valence-corrected chi connectivity index (χ3v) is 8.35. The molecule has 0 fully saturated rings. The number of aryl methyl sites for hydroxylation is 6. The number of rotatable bonds is 4. The summed E-state index contributed by atoms with van der Waals surface area (Å²) in [5.74, 6) is 0.0140. The van der Waals surface area contributed by atoms with Gasteiger partial charge in [-0.2, -0.15) is 0 Å². The van der Waals surface area contributed by atoms with Gasteiger partial charge in [-0.25, -0.2) is 0 Å². The van der Waals surface area contributed by atoms with Gasteiger partial charge in [0.05, 0.1) is 5.69 Å². The molecule has 5 aromatic carbocycles. The van der Waals surface area contributed by atoms with E-state index in [-0.39, 0.29) is 18.5 Å². The standard InChI is InChI=1S/C36H34BNO2/c1-21-17-23(3)33(24(4)18-21)37(34-25(5)19-22(2)20-26(34)6)35-27-11-7-9-13-29(27)36(30-14-10-8-12-28(30)35)38-31(39)15-16-32(38)40/h7-20,39-40H,1-6H3. The summed E-state index contributed by atoms with van der Waals surface area (Å²) in [5.41, 5.74) is 12.3. The molecule has 0 aliphatic carbocycles. The zero-order chi connectivity index (χ0) is 28.3. The fraction of sp³-hybridized carbons (Fsp3) is 0.167. The average Bonchev–Trinajstić information content (AvgIpc) is 3.22. The number of hydrogen-bond acceptors (Lipinski definition) is 2. The monoisotopic (exact) mass is 523 g/mol. The van der Waals surface area contributed by atoms with Crippen molar-refractivity contribution in [2.24, 2.45) is 0 Å². The van der Waals surface area contributed by atoms with Crippen LogP contribution in [0.15, 0.2) is 84.9 Å². The maximum absolute atomic E-state index is 10.8. The molecule has 0 aliphatic heterocycles. The predicted molar refractivity (Wildman–Crippen MR) is 170 cm³/mol. The maximum atomic E-state index is 10.8. The van der Waals surface area contributed by atoms with Crippen LogP contribution in [0.25, 0.3) is 27.2 Å². The molecule has 2 N–H and O–H groups in total. The van der Waals surface area contributed by atoms with E-state index in [4.69, 9.17) is 0 Å². The minimum absolute atomic E-state index is 0.00699. The van der Waals surface area contributed by atoms with Crippen LogP contribution in [0, 0.1) is 41.5 Å². The van der Waals surface area contributed by atoms with E-state index in [0.717, 1.165) is 27.2 Å². The summed E-state index contributed by atoms with van der Waals surface area (Å²) in [7, 11) is 0. The fourth-order valence-electron chi connectivity index (χ4n) is 7.06. The van der Waals surface area contributed by atoms with Crippen LogP contribution in [0.1, 0.15) is 33.4 Å². The molecule has 0 radical (unpaired) electrons. The molecule has 0 unspecified atom stereocenters. The van der Waals surface area contributed by atoms with Gasteiger partial charge in [-0.05, 0) is 52.3 Å². The van der Waals surface area contributed by atoms with Crippen LogP contribution in [0.2, 0.25) is 0 Å².